The van der Waals surface area contributed by atoms with E-state index in [0.717, 1.165) is 25.3 Å². The van der Waals surface area contributed by atoms with E-state index in [0.29, 0.717) is 25.5 Å². The van der Waals surface area contributed by atoms with Crippen LogP contribution in [-0.2, 0) is 25.7 Å². The molecule has 2 rings (SSSR count). The van der Waals surface area contributed by atoms with Gasteiger partial charge >= 0.3 is 12.1 Å². The lowest BCUT2D eigenvalue weighted by Crippen LogP contribution is -2.30. The average molecular weight is 414 g/mol. The molecule has 1 unspecified atom stereocenters. The van der Waals surface area contributed by atoms with Gasteiger partial charge in [-0.15, -0.1) is 0 Å². The van der Waals surface area contributed by atoms with Gasteiger partial charge in [0.05, 0.1) is 20.1 Å². The van der Waals surface area contributed by atoms with Crippen molar-refractivity contribution in [1.82, 2.24) is 4.90 Å². The summed E-state index contributed by atoms with van der Waals surface area (Å²) in [7, 11) is 1.67. The first-order valence-corrected chi connectivity index (χ1v) is 10.1. The van der Waals surface area contributed by atoms with Crippen LogP contribution in [0.1, 0.15) is 43.7 Å². The molecule has 0 N–H and O–H groups in total. The van der Waals surface area contributed by atoms with Gasteiger partial charge in [-0.1, -0.05) is 49.4 Å². The van der Waals surface area contributed by atoms with E-state index in [1.54, 1.807) is 7.11 Å². The van der Waals surface area contributed by atoms with Crippen LogP contribution in [0.2, 0.25) is 0 Å². The molecule has 0 aliphatic rings. The lowest BCUT2D eigenvalue weighted by atomic mass is 9.95. The minimum Gasteiger partial charge on any atom is -0.497 e. The second kappa shape index (κ2) is 15.0. The average Bonchev–Trinajstić information content (AvgIpc) is 2.77. The Morgan fingerprint density at radius 3 is 2.20 bits per heavy atom. The van der Waals surface area contributed by atoms with E-state index in [2.05, 4.69) is 48.2 Å². The zero-order chi connectivity index (χ0) is 22.2. The molecule has 0 saturated carbocycles. The van der Waals surface area contributed by atoms with Crippen molar-refractivity contribution in [2.45, 2.75) is 39.2 Å². The summed E-state index contributed by atoms with van der Waals surface area (Å²) in [5, 5.41) is 0. The van der Waals surface area contributed by atoms with Gasteiger partial charge in [-0.25, -0.2) is 0 Å². The van der Waals surface area contributed by atoms with E-state index in [9.17, 15) is 4.79 Å². The fourth-order valence-electron chi connectivity index (χ4n) is 3.21. The van der Waals surface area contributed by atoms with Crippen molar-refractivity contribution in [2.24, 2.45) is 0 Å². The number of esters is 1. The van der Waals surface area contributed by atoms with Gasteiger partial charge in [0.25, 0.3) is 0 Å². The summed E-state index contributed by atoms with van der Waals surface area (Å²) in [5.74, 6) is 1.16. The molecule has 6 heteroatoms. The van der Waals surface area contributed by atoms with Crippen molar-refractivity contribution >= 4 is 12.1 Å². The van der Waals surface area contributed by atoms with E-state index in [1.165, 1.54) is 11.1 Å². The molecule has 0 amide bonds. The van der Waals surface area contributed by atoms with Crippen LogP contribution in [0.3, 0.4) is 0 Å². The molecular weight excluding hydrogens is 382 g/mol. The molecule has 2 aromatic carbocycles. The quantitative estimate of drug-likeness (QED) is 0.517. The van der Waals surface area contributed by atoms with Gasteiger partial charge in [-0.2, -0.15) is 9.59 Å². The first-order valence-electron chi connectivity index (χ1n) is 10.1. The molecule has 0 aliphatic carbocycles. The van der Waals surface area contributed by atoms with Gasteiger partial charge < -0.3 is 9.47 Å². The standard InChI is InChI=1S/C23H31NO3.CO2/c1-4-20(21-9-7-6-8-10-21)18-24(16-15-23(25)27-5-2)17-19-11-13-22(26-3)14-12-19;2-1-3/h6-14,20H,4-5,15-18H2,1-3H3;. The molecule has 30 heavy (non-hydrogen) atoms. The summed E-state index contributed by atoms with van der Waals surface area (Å²) in [5.41, 5.74) is 2.55. The Bertz CT molecular complexity index is 755. The molecule has 0 aliphatic heterocycles. The van der Waals surface area contributed by atoms with Gasteiger partial charge in [0, 0.05) is 19.6 Å². The molecule has 0 radical (unpaired) electrons. The summed E-state index contributed by atoms with van der Waals surface area (Å²) in [6, 6.07) is 18.7. The van der Waals surface area contributed by atoms with E-state index in [4.69, 9.17) is 19.1 Å². The lowest BCUT2D eigenvalue weighted by molar-refractivity contribution is -0.191. The summed E-state index contributed by atoms with van der Waals surface area (Å²) in [6.45, 7) is 6.88. The van der Waals surface area contributed by atoms with Gasteiger partial charge in [0.15, 0.2) is 0 Å². The van der Waals surface area contributed by atoms with Crippen molar-refractivity contribution in [2.75, 3.05) is 26.8 Å². The molecule has 1 atom stereocenters. The number of methoxy groups -OCH3 is 1. The Hall–Kier alpha value is -2.95. The first-order chi connectivity index (χ1) is 14.6. The Kier molecular flexibility index (Phi) is 12.5. The fourth-order valence-corrected chi connectivity index (χ4v) is 3.21. The second-order valence-electron chi connectivity index (χ2n) is 6.74. The second-order valence-corrected chi connectivity index (χ2v) is 6.74. The maximum atomic E-state index is 11.8. The van der Waals surface area contributed by atoms with Gasteiger partial charge in [0.2, 0.25) is 0 Å². The highest BCUT2D eigenvalue weighted by molar-refractivity contribution is 5.69. The molecule has 0 bridgehead atoms. The Morgan fingerprint density at radius 2 is 1.67 bits per heavy atom. The molecule has 0 fully saturated rings. The molecule has 6 nitrogen and oxygen atoms in total. The minimum absolute atomic E-state index is 0.134. The van der Waals surface area contributed by atoms with Crippen molar-refractivity contribution in [3.63, 3.8) is 0 Å². The largest absolute Gasteiger partial charge is 0.497 e. The number of carbonyl (C=O) groups is 1. The molecule has 0 spiro atoms. The fraction of sp³-hybridized carbons (Fsp3) is 0.417. The number of benzene rings is 2. The van der Waals surface area contributed by atoms with Crippen LogP contribution in [0.5, 0.6) is 5.75 Å². The van der Waals surface area contributed by atoms with Crippen molar-refractivity contribution in [3.05, 3.63) is 65.7 Å². The molecule has 0 heterocycles. The molecule has 162 valence electrons. The third-order valence-electron chi connectivity index (χ3n) is 4.75. The third kappa shape index (κ3) is 9.50. The number of carbonyl (C=O) groups excluding carboxylic acids is 3. The number of hydrogen-bond acceptors (Lipinski definition) is 6. The summed E-state index contributed by atoms with van der Waals surface area (Å²) in [4.78, 5) is 30.4. The highest BCUT2D eigenvalue weighted by atomic mass is 16.5. The monoisotopic (exact) mass is 413 g/mol. The van der Waals surface area contributed by atoms with Gasteiger partial charge in [-0.05, 0) is 42.5 Å². The SMILES string of the molecule is CCOC(=O)CCN(Cc1ccc(OC)cc1)CC(CC)c1ccccc1.O=C=O. The van der Waals surface area contributed by atoms with Crippen molar-refractivity contribution < 1.29 is 23.9 Å². The zero-order valence-corrected chi connectivity index (χ0v) is 18.0. The van der Waals surface area contributed by atoms with Crippen LogP contribution in [0.4, 0.5) is 0 Å². The number of hydrogen-bond donors (Lipinski definition) is 0. The smallest absolute Gasteiger partial charge is 0.373 e. The summed E-state index contributed by atoms with van der Waals surface area (Å²) in [6.07, 6.45) is 1.72. The highest BCUT2D eigenvalue weighted by Gasteiger charge is 2.16. The summed E-state index contributed by atoms with van der Waals surface area (Å²) >= 11 is 0. The topological polar surface area (TPSA) is 72.9 Å². The predicted octanol–water partition coefficient (Wildman–Crippen LogP) is 4.06. The van der Waals surface area contributed by atoms with E-state index in [-0.39, 0.29) is 12.1 Å². The number of rotatable bonds is 11. The van der Waals surface area contributed by atoms with Gasteiger partial charge in [0.1, 0.15) is 5.75 Å². The maximum absolute atomic E-state index is 11.8. The zero-order valence-electron chi connectivity index (χ0n) is 18.0. The van der Waals surface area contributed by atoms with Crippen LogP contribution in [0, 0.1) is 0 Å². The number of nitrogens with zero attached hydrogens (tertiary/aromatic N) is 1. The Balaban J connectivity index is 0.00000141. The summed E-state index contributed by atoms with van der Waals surface area (Å²) < 4.78 is 10.4. The number of ether oxygens (including phenoxy) is 2. The van der Waals surface area contributed by atoms with Crippen LogP contribution in [0.15, 0.2) is 54.6 Å². The van der Waals surface area contributed by atoms with Crippen molar-refractivity contribution in [1.29, 1.82) is 0 Å². The van der Waals surface area contributed by atoms with E-state index >= 15 is 0 Å². The van der Waals surface area contributed by atoms with E-state index < -0.39 is 0 Å². The maximum Gasteiger partial charge on any atom is 0.373 e. The van der Waals surface area contributed by atoms with Crippen molar-refractivity contribution in [3.8, 4) is 5.75 Å². The minimum atomic E-state index is -0.134. The molecule has 0 aromatic heterocycles. The van der Waals surface area contributed by atoms with Crippen LogP contribution < -0.4 is 4.74 Å². The Morgan fingerprint density at radius 1 is 1.03 bits per heavy atom. The van der Waals surface area contributed by atoms with E-state index in [1.807, 2.05) is 25.1 Å². The van der Waals surface area contributed by atoms with Gasteiger partial charge in [-0.3, -0.25) is 9.69 Å². The highest BCUT2D eigenvalue weighted by Crippen LogP contribution is 2.22. The molecular formula is C24H31NO5. The third-order valence-corrected chi connectivity index (χ3v) is 4.75. The Labute approximate surface area is 178 Å². The first kappa shape index (κ1) is 25.1. The molecule has 0 saturated heterocycles. The lowest BCUT2D eigenvalue weighted by Gasteiger charge is -2.27. The predicted molar refractivity (Wildman–Crippen MR) is 114 cm³/mol. The van der Waals surface area contributed by atoms with Crippen LogP contribution in [-0.4, -0.2) is 43.8 Å². The molecule has 2 aromatic rings. The van der Waals surface area contributed by atoms with Crippen LogP contribution in [0.25, 0.3) is 0 Å². The normalized spacial score (nSPS) is 11.1. The van der Waals surface area contributed by atoms with Crippen LogP contribution >= 0.6 is 0 Å².